The zero-order chi connectivity index (χ0) is 20.2. The molecule has 2 aromatic rings. The molecule has 8 heteroatoms. The lowest BCUT2D eigenvalue weighted by Crippen LogP contribution is -2.47. The van der Waals surface area contributed by atoms with E-state index in [9.17, 15) is 13.2 Å². The molecule has 0 saturated heterocycles. The van der Waals surface area contributed by atoms with Crippen molar-refractivity contribution >= 4 is 27.4 Å². The minimum atomic E-state index is -3.81. The molecule has 1 amide bonds. The molecule has 0 aliphatic heterocycles. The molecule has 0 aliphatic carbocycles. The van der Waals surface area contributed by atoms with Crippen molar-refractivity contribution in [3.05, 3.63) is 48.2 Å². The topological polar surface area (TPSA) is 91.4 Å². The van der Waals surface area contributed by atoms with Crippen molar-refractivity contribution in [1.29, 1.82) is 0 Å². The maximum Gasteiger partial charge on any atom is 0.242 e. The van der Waals surface area contributed by atoms with Crippen molar-refractivity contribution in [1.82, 2.24) is 9.71 Å². The molecule has 0 unspecified atom stereocenters. The minimum absolute atomic E-state index is 0.128. The average Bonchev–Trinajstić information content (AvgIpc) is 2.60. The van der Waals surface area contributed by atoms with Gasteiger partial charge in [-0.25, -0.2) is 13.4 Å². The van der Waals surface area contributed by atoms with E-state index in [4.69, 9.17) is 0 Å². The van der Waals surface area contributed by atoms with Crippen molar-refractivity contribution in [2.45, 2.75) is 31.7 Å². The van der Waals surface area contributed by atoms with E-state index < -0.39 is 22.0 Å². The summed E-state index contributed by atoms with van der Waals surface area (Å²) in [5.74, 6) is 0.0906. The Morgan fingerprint density at radius 2 is 1.70 bits per heavy atom. The normalized spacial score (nSPS) is 12.7. The van der Waals surface area contributed by atoms with Gasteiger partial charge in [0.2, 0.25) is 15.9 Å². The number of rotatable bonds is 7. The fourth-order valence-electron chi connectivity index (χ4n) is 2.39. The zero-order valence-electron chi connectivity index (χ0n) is 16.2. The first-order chi connectivity index (χ1) is 12.6. The van der Waals surface area contributed by atoms with Crippen LogP contribution in [-0.2, 0) is 14.8 Å². The lowest BCUT2D eigenvalue weighted by atomic mass is 10.1. The second-order valence-corrected chi connectivity index (χ2v) is 8.66. The molecule has 0 saturated carbocycles. The molecule has 7 nitrogen and oxygen atoms in total. The van der Waals surface area contributed by atoms with E-state index in [0.717, 1.165) is 11.4 Å². The Balaban J connectivity index is 2.16. The standard InChI is InChI=1S/C19H26N4O3S/c1-13(2)18(22-27(25,26)16-9-6-14(3)7-10-16)19(24)21-15-8-11-17(20-12-15)23(4)5/h6-13,18,22H,1-5H3,(H,21,24)/t18-/m0/s1. The Labute approximate surface area is 160 Å². The molecule has 27 heavy (non-hydrogen) atoms. The number of pyridine rings is 1. The summed E-state index contributed by atoms with van der Waals surface area (Å²) in [7, 11) is -0.0691. The number of sulfonamides is 1. The van der Waals surface area contributed by atoms with Crippen LogP contribution in [0.25, 0.3) is 0 Å². The third-order valence-electron chi connectivity index (χ3n) is 4.04. The summed E-state index contributed by atoms with van der Waals surface area (Å²) < 4.78 is 27.8. The number of hydrogen-bond acceptors (Lipinski definition) is 5. The van der Waals surface area contributed by atoms with Gasteiger partial charge in [0.05, 0.1) is 16.8 Å². The summed E-state index contributed by atoms with van der Waals surface area (Å²) in [6.07, 6.45) is 1.54. The van der Waals surface area contributed by atoms with Gasteiger partial charge >= 0.3 is 0 Å². The van der Waals surface area contributed by atoms with Crippen LogP contribution in [0.5, 0.6) is 0 Å². The van der Waals surface area contributed by atoms with Gasteiger partial charge in [-0.2, -0.15) is 4.72 Å². The Morgan fingerprint density at radius 3 is 2.19 bits per heavy atom. The zero-order valence-corrected chi connectivity index (χ0v) is 17.0. The van der Waals surface area contributed by atoms with E-state index in [-0.39, 0.29) is 10.8 Å². The summed E-state index contributed by atoms with van der Waals surface area (Å²) in [5, 5.41) is 2.73. The van der Waals surface area contributed by atoms with Crippen LogP contribution >= 0.6 is 0 Å². The van der Waals surface area contributed by atoms with E-state index in [1.54, 1.807) is 44.3 Å². The van der Waals surface area contributed by atoms with Gasteiger partial charge in [0, 0.05) is 14.1 Å². The van der Waals surface area contributed by atoms with Gasteiger partial charge < -0.3 is 10.2 Å². The molecule has 1 heterocycles. The van der Waals surface area contributed by atoms with E-state index in [2.05, 4.69) is 15.0 Å². The van der Waals surface area contributed by atoms with Crippen LogP contribution in [0.4, 0.5) is 11.5 Å². The first-order valence-electron chi connectivity index (χ1n) is 8.63. The predicted molar refractivity (Wildman–Crippen MR) is 107 cm³/mol. The first-order valence-corrected chi connectivity index (χ1v) is 10.1. The van der Waals surface area contributed by atoms with E-state index in [0.29, 0.717) is 5.69 Å². The van der Waals surface area contributed by atoms with Crippen LogP contribution in [0.1, 0.15) is 19.4 Å². The highest BCUT2D eigenvalue weighted by molar-refractivity contribution is 7.89. The number of nitrogens with zero attached hydrogens (tertiary/aromatic N) is 2. The highest BCUT2D eigenvalue weighted by Crippen LogP contribution is 2.16. The largest absolute Gasteiger partial charge is 0.363 e. The second kappa shape index (κ2) is 8.49. The fourth-order valence-corrected chi connectivity index (χ4v) is 3.73. The number of carbonyl (C=O) groups excluding carboxylic acids is 1. The summed E-state index contributed by atoms with van der Waals surface area (Å²) in [6, 6.07) is 9.08. The lowest BCUT2D eigenvalue weighted by molar-refractivity contribution is -0.118. The summed E-state index contributed by atoms with van der Waals surface area (Å²) >= 11 is 0. The van der Waals surface area contributed by atoms with Gasteiger partial charge in [0.25, 0.3) is 0 Å². The number of aromatic nitrogens is 1. The van der Waals surface area contributed by atoms with Crippen molar-refractivity contribution < 1.29 is 13.2 Å². The molecule has 1 aromatic heterocycles. The minimum Gasteiger partial charge on any atom is -0.363 e. The van der Waals surface area contributed by atoms with Gasteiger partial charge in [0.15, 0.2) is 0 Å². The van der Waals surface area contributed by atoms with Crippen molar-refractivity contribution in [3.8, 4) is 0 Å². The van der Waals surface area contributed by atoms with E-state index in [1.807, 2.05) is 25.9 Å². The maximum atomic E-state index is 12.7. The van der Waals surface area contributed by atoms with Gasteiger partial charge in [-0.15, -0.1) is 0 Å². The smallest absolute Gasteiger partial charge is 0.242 e. The second-order valence-electron chi connectivity index (χ2n) is 6.94. The number of nitrogens with one attached hydrogen (secondary N) is 2. The third kappa shape index (κ3) is 5.51. The molecule has 0 spiro atoms. The van der Waals surface area contributed by atoms with Crippen LogP contribution < -0.4 is 14.9 Å². The molecule has 0 fully saturated rings. The SMILES string of the molecule is Cc1ccc(S(=O)(=O)N[C@H](C(=O)Nc2ccc(N(C)C)nc2)C(C)C)cc1. The summed E-state index contributed by atoms with van der Waals surface area (Å²) in [5.41, 5.74) is 1.46. The molecule has 1 atom stereocenters. The summed E-state index contributed by atoms with van der Waals surface area (Å²) in [4.78, 5) is 18.9. The molecule has 2 rings (SSSR count). The number of carbonyl (C=O) groups is 1. The maximum absolute atomic E-state index is 12.7. The van der Waals surface area contributed by atoms with Crippen molar-refractivity contribution in [2.24, 2.45) is 5.92 Å². The molecular weight excluding hydrogens is 364 g/mol. The number of hydrogen-bond donors (Lipinski definition) is 2. The molecule has 146 valence electrons. The fraction of sp³-hybridized carbons (Fsp3) is 0.368. The molecule has 0 radical (unpaired) electrons. The average molecular weight is 391 g/mol. The van der Waals surface area contributed by atoms with Crippen molar-refractivity contribution in [3.63, 3.8) is 0 Å². The molecule has 2 N–H and O–H groups in total. The number of benzene rings is 1. The van der Waals surface area contributed by atoms with Crippen molar-refractivity contribution in [2.75, 3.05) is 24.3 Å². The molecule has 1 aromatic carbocycles. The Kier molecular flexibility index (Phi) is 6.56. The van der Waals surface area contributed by atoms with Crippen LogP contribution in [0.3, 0.4) is 0 Å². The monoisotopic (exact) mass is 390 g/mol. The first kappa shape index (κ1) is 20.9. The Bertz CT molecular complexity index is 876. The van der Waals surface area contributed by atoms with Gasteiger partial charge in [-0.1, -0.05) is 31.5 Å². The lowest BCUT2D eigenvalue weighted by Gasteiger charge is -2.22. The van der Waals surface area contributed by atoms with Gasteiger partial charge in [0.1, 0.15) is 11.9 Å². The number of aryl methyl sites for hydroxylation is 1. The summed E-state index contributed by atoms with van der Waals surface area (Å²) in [6.45, 7) is 5.45. The highest BCUT2D eigenvalue weighted by atomic mass is 32.2. The number of anilines is 2. The Morgan fingerprint density at radius 1 is 1.07 bits per heavy atom. The van der Waals surface area contributed by atoms with Gasteiger partial charge in [-0.3, -0.25) is 4.79 Å². The third-order valence-corrected chi connectivity index (χ3v) is 5.49. The molecule has 0 aliphatic rings. The van der Waals surface area contributed by atoms with Crippen LogP contribution in [0.15, 0.2) is 47.5 Å². The van der Waals surface area contributed by atoms with Crippen LogP contribution in [-0.4, -0.2) is 39.4 Å². The molecule has 0 bridgehead atoms. The number of amides is 1. The van der Waals surface area contributed by atoms with Crippen LogP contribution in [0.2, 0.25) is 0 Å². The molecular formula is C19H26N4O3S. The van der Waals surface area contributed by atoms with Crippen LogP contribution in [0, 0.1) is 12.8 Å². The Hall–Kier alpha value is -2.45. The van der Waals surface area contributed by atoms with E-state index >= 15 is 0 Å². The van der Waals surface area contributed by atoms with E-state index in [1.165, 1.54) is 12.1 Å². The van der Waals surface area contributed by atoms with Gasteiger partial charge in [-0.05, 0) is 37.1 Å². The predicted octanol–water partition coefficient (Wildman–Crippen LogP) is 2.40. The quantitative estimate of drug-likeness (QED) is 0.757. The highest BCUT2D eigenvalue weighted by Gasteiger charge is 2.28.